The summed E-state index contributed by atoms with van der Waals surface area (Å²) in [6.45, 7) is 6.98. The van der Waals surface area contributed by atoms with Crippen molar-refractivity contribution in [1.29, 1.82) is 0 Å². The quantitative estimate of drug-likeness (QED) is 0.620. The second-order valence-electron chi connectivity index (χ2n) is 8.34. The van der Waals surface area contributed by atoms with Crippen LogP contribution in [0.1, 0.15) is 54.2 Å². The average Bonchev–Trinajstić information content (AvgIpc) is 2.90. The van der Waals surface area contributed by atoms with Gasteiger partial charge in [0.15, 0.2) is 0 Å². The minimum Gasteiger partial charge on any atom is -0.322 e. The van der Waals surface area contributed by atoms with Gasteiger partial charge in [-0.05, 0) is 52.8 Å². The van der Waals surface area contributed by atoms with E-state index >= 15 is 0 Å². The summed E-state index contributed by atoms with van der Waals surface area (Å²) in [5.74, 6) is -0.0816. The van der Waals surface area contributed by atoms with E-state index in [1.807, 2.05) is 42.5 Å². The summed E-state index contributed by atoms with van der Waals surface area (Å²) in [7, 11) is 0. The highest BCUT2D eigenvalue weighted by molar-refractivity contribution is 6.04. The van der Waals surface area contributed by atoms with Crippen LogP contribution in [-0.4, -0.2) is 5.91 Å². The van der Waals surface area contributed by atoms with E-state index < -0.39 is 0 Å². The number of rotatable bonds is 3. The van der Waals surface area contributed by atoms with Crippen LogP contribution in [-0.2, 0) is 10.8 Å². The van der Waals surface area contributed by atoms with Crippen molar-refractivity contribution in [2.45, 2.75) is 38.0 Å². The molecule has 1 N–H and O–H groups in total. The molecule has 0 fully saturated rings. The SMILES string of the molecule is CC1(C)CC(C)(c2ccc(NC(=O)c3ccccc3)cc2)c2ccccc21. The number of hydrogen-bond donors (Lipinski definition) is 1. The maximum absolute atomic E-state index is 12.4. The summed E-state index contributed by atoms with van der Waals surface area (Å²) in [6.07, 6.45) is 1.08. The molecule has 2 nitrogen and oxygen atoms in total. The Bertz CT molecular complexity index is 973. The number of carbonyl (C=O) groups is 1. The fourth-order valence-corrected chi connectivity index (χ4v) is 4.60. The molecule has 0 radical (unpaired) electrons. The molecule has 27 heavy (non-hydrogen) atoms. The Morgan fingerprint density at radius 3 is 2.04 bits per heavy atom. The minimum atomic E-state index is -0.0816. The number of anilines is 1. The van der Waals surface area contributed by atoms with Gasteiger partial charge in [-0.1, -0.05) is 75.4 Å². The number of nitrogens with one attached hydrogen (secondary N) is 1. The Morgan fingerprint density at radius 1 is 0.778 bits per heavy atom. The number of hydrogen-bond acceptors (Lipinski definition) is 1. The molecule has 4 rings (SSSR count). The van der Waals surface area contributed by atoms with Gasteiger partial charge in [-0.15, -0.1) is 0 Å². The lowest BCUT2D eigenvalue weighted by molar-refractivity contribution is 0.102. The molecule has 3 aromatic rings. The molecule has 2 heteroatoms. The van der Waals surface area contributed by atoms with Crippen molar-refractivity contribution < 1.29 is 4.79 Å². The molecular weight excluding hydrogens is 330 g/mol. The van der Waals surface area contributed by atoms with E-state index in [4.69, 9.17) is 0 Å². The van der Waals surface area contributed by atoms with E-state index in [-0.39, 0.29) is 16.7 Å². The van der Waals surface area contributed by atoms with Crippen LogP contribution in [0, 0.1) is 0 Å². The molecule has 0 bridgehead atoms. The second kappa shape index (κ2) is 6.38. The molecule has 1 unspecified atom stereocenters. The largest absolute Gasteiger partial charge is 0.322 e. The molecule has 0 spiro atoms. The van der Waals surface area contributed by atoms with Crippen molar-refractivity contribution in [1.82, 2.24) is 0 Å². The van der Waals surface area contributed by atoms with Crippen molar-refractivity contribution in [2.75, 3.05) is 5.32 Å². The standard InChI is InChI=1S/C25H25NO/c1-24(2)17-25(3,22-12-8-7-11-21(22)24)19-13-15-20(16-14-19)26-23(27)18-9-5-4-6-10-18/h4-16H,17H2,1-3H3,(H,26,27). The zero-order valence-corrected chi connectivity index (χ0v) is 16.1. The van der Waals surface area contributed by atoms with Crippen LogP contribution in [0.3, 0.4) is 0 Å². The lowest BCUT2D eigenvalue weighted by Gasteiger charge is -2.28. The summed E-state index contributed by atoms with van der Waals surface area (Å²) in [5.41, 5.74) is 5.78. The normalized spacial score (nSPS) is 20.1. The molecule has 136 valence electrons. The molecule has 1 aliphatic rings. The highest BCUT2D eigenvalue weighted by Crippen LogP contribution is 2.52. The summed E-state index contributed by atoms with van der Waals surface area (Å²) in [5, 5.41) is 2.98. The minimum absolute atomic E-state index is 0.0118. The van der Waals surface area contributed by atoms with Gasteiger partial charge in [0.1, 0.15) is 0 Å². The molecule has 0 saturated carbocycles. The highest BCUT2D eigenvalue weighted by Gasteiger charge is 2.45. The first-order valence-electron chi connectivity index (χ1n) is 9.47. The summed E-state index contributed by atoms with van der Waals surface area (Å²) >= 11 is 0. The number of amides is 1. The van der Waals surface area contributed by atoms with Crippen LogP contribution < -0.4 is 5.32 Å². The molecule has 0 aromatic heterocycles. The molecule has 3 aromatic carbocycles. The lowest BCUT2D eigenvalue weighted by Crippen LogP contribution is -2.23. The average molecular weight is 355 g/mol. The maximum Gasteiger partial charge on any atom is 0.255 e. The lowest BCUT2D eigenvalue weighted by atomic mass is 9.75. The van der Waals surface area contributed by atoms with Crippen LogP contribution >= 0.6 is 0 Å². The maximum atomic E-state index is 12.4. The zero-order valence-electron chi connectivity index (χ0n) is 16.1. The van der Waals surface area contributed by atoms with E-state index in [1.54, 1.807) is 0 Å². The van der Waals surface area contributed by atoms with Crippen molar-refractivity contribution in [2.24, 2.45) is 0 Å². The fraction of sp³-hybridized carbons (Fsp3) is 0.240. The Morgan fingerprint density at radius 2 is 1.37 bits per heavy atom. The summed E-state index contributed by atoms with van der Waals surface area (Å²) in [6, 6.07) is 26.4. The fourth-order valence-electron chi connectivity index (χ4n) is 4.60. The van der Waals surface area contributed by atoms with E-state index in [0.29, 0.717) is 5.56 Å². The first-order chi connectivity index (χ1) is 12.9. The van der Waals surface area contributed by atoms with Gasteiger partial charge >= 0.3 is 0 Å². The van der Waals surface area contributed by atoms with E-state index in [9.17, 15) is 4.79 Å². The van der Waals surface area contributed by atoms with Crippen LogP contribution in [0.2, 0.25) is 0 Å². The third kappa shape index (κ3) is 3.06. The van der Waals surface area contributed by atoms with Crippen molar-refractivity contribution in [3.63, 3.8) is 0 Å². The van der Waals surface area contributed by atoms with Gasteiger partial charge in [0, 0.05) is 16.7 Å². The van der Waals surface area contributed by atoms with Crippen molar-refractivity contribution in [3.8, 4) is 0 Å². The van der Waals surface area contributed by atoms with Crippen LogP contribution in [0.4, 0.5) is 5.69 Å². The molecule has 0 heterocycles. The summed E-state index contributed by atoms with van der Waals surface area (Å²) < 4.78 is 0. The molecule has 1 atom stereocenters. The second-order valence-corrected chi connectivity index (χ2v) is 8.34. The third-order valence-electron chi connectivity index (χ3n) is 5.86. The van der Waals surface area contributed by atoms with Gasteiger partial charge in [-0.25, -0.2) is 0 Å². The number of benzene rings is 3. The van der Waals surface area contributed by atoms with Crippen LogP contribution in [0.25, 0.3) is 0 Å². The van der Waals surface area contributed by atoms with E-state index in [2.05, 4.69) is 62.5 Å². The molecule has 1 aliphatic carbocycles. The molecule has 0 saturated heterocycles. The predicted octanol–water partition coefficient (Wildman–Crippen LogP) is 5.93. The Kier molecular flexibility index (Phi) is 4.15. The van der Waals surface area contributed by atoms with Gasteiger partial charge in [-0.2, -0.15) is 0 Å². The topological polar surface area (TPSA) is 29.1 Å². The van der Waals surface area contributed by atoms with Gasteiger partial charge in [0.25, 0.3) is 5.91 Å². The van der Waals surface area contributed by atoms with Gasteiger partial charge in [0.05, 0.1) is 0 Å². The van der Waals surface area contributed by atoms with E-state index in [0.717, 1.165) is 12.1 Å². The smallest absolute Gasteiger partial charge is 0.255 e. The van der Waals surface area contributed by atoms with Gasteiger partial charge < -0.3 is 5.32 Å². The predicted molar refractivity (Wildman–Crippen MR) is 111 cm³/mol. The Labute approximate surface area is 161 Å². The first-order valence-corrected chi connectivity index (χ1v) is 9.47. The molecule has 0 aliphatic heterocycles. The van der Waals surface area contributed by atoms with Crippen molar-refractivity contribution >= 4 is 11.6 Å². The number of carbonyl (C=O) groups excluding carboxylic acids is 1. The Balaban J connectivity index is 1.61. The molecule has 1 amide bonds. The van der Waals surface area contributed by atoms with Crippen LogP contribution in [0.15, 0.2) is 78.9 Å². The van der Waals surface area contributed by atoms with Gasteiger partial charge in [0.2, 0.25) is 0 Å². The zero-order chi connectivity index (χ0) is 19.1. The third-order valence-corrected chi connectivity index (χ3v) is 5.86. The number of fused-ring (bicyclic) bond motifs is 1. The monoisotopic (exact) mass is 355 g/mol. The van der Waals surface area contributed by atoms with E-state index in [1.165, 1.54) is 16.7 Å². The highest BCUT2D eigenvalue weighted by atomic mass is 16.1. The first kappa shape index (κ1) is 17.5. The van der Waals surface area contributed by atoms with Crippen LogP contribution in [0.5, 0.6) is 0 Å². The van der Waals surface area contributed by atoms with Crippen molar-refractivity contribution in [3.05, 3.63) is 101 Å². The molecular formula is C25H25NO. The van der Waals surface area contributed by atoms with Gasteiger partial charge in [-0.3, -0.25) is 4.79 Å². The summed E-state index contributed by atoms with van der Waals surface area (Å²) in [4.78, 5) is 12.4. The Hall–Kier alpha value is -2.87.